The summed E-state index contributed by atoms with van der Waals surface area (Å²) in [5.74, 6) is 1.36. The van der Waals surface area contributed by atoms with Crippen molar-refractivity contribution in [3.63, 3.8) is 0 Å². The lowest BCUT2D eigenvalue weighted by Crippen LogP contribution is -1.97. The van der Waals surface area contributed by atoms with Crippen LogP contribution in [0.2, 0.25) is 0 Å². The molecule has 1 N–H and O–H groups in total. The van der Waals surface area contributed by atoms with E-state index in [4.69, 9.17) is 9.47 Å². The van der Waals surface area contributed by atoms with Crippen molar-refractivity contribution in [2.45, 2.75) is 6.92 Å². The van der Waals surface area contributed by atoms with Gasteiger partial charge in [0, 0.05) is 35.3 Å². The Morgan fingerprint density at radius 3 is 2.80 bits per heavy atom. The predicted molar refractivity (Wildman–Crippen MR) is 95.3 cm³/mol. The van der Waals surface area contributed by atoms with Crippen LogP contribution in [0.25, 0.3) is 17.0 Å². The van der Waals surface area contributed by atoms with Crippen molar-refractivity contribution in [1.29, 1.82) is 0 Å². The van der Waals surface area contributed by atoms with Crippen LogP contribution in [-0.2, 0) is 7.05 Å². The molecule has 1 aromatic heterocycles. The van der Waals surface area contributed by atoms with Gasteiger partial charge < -0.3 is 19.1 Å². The number of phenolic OH excluding ortho intramolecular Hbond substituents is 1. The van der Waals surface area contributed by atoms with E-state index in [0.29, 0.717) is 16.9 Å². The number of carbonyl (C=O) groups excluding carboxylic acids is 1. The number of ether oxygens (including phenoxy) is 2. The first-order chi connectivity index (χ1) is 12.0. The van der Waals surface area contributed by atoms with Crippen LogP contribution in [0.5, 0.6) is 17.2 Å². The van der Waals surface area contributed by atoms with Crippen molar-refractivity contribution in [3.05, 3.63) is 59.0 Å². The number of aryl methyl sites for hydroxylation is 1. The SMILES string of the molecule is COc1ccc2c(c1)c(C=C1Oc3c(ccc(O)c3C)C1=O)cn2C. The summed E-state index contributed by atoms with van der Waals surface area (Å²) in [4.78, 5) is 12.6. The van der Waals surface area contributed by atoms with Gasteiger partial charge in [-0.15, -0.1) is 0 Å². The number of allylic oxidation sites excluding steroid dienone is 1. The highest BCUT2D eigenvalue weighted by Gasteiger charge is 2.30. The Balaban J connectivity index is 1.84. The van der Waals surface area contributed by atoms with Gasteiger partial charge in [-0.3, -0.25) is 4.79 Å². The van der Waals surface area contributed by atoms with Gasteiger partial charge in [0.1, 0.15) is 17.2 Å². The minimum atomic E-state index is -0.182. The molecule has 1 aliphatic rings. The molecular formula is C20H17NO4. The third-order valence-corrected chi connectivity index (χ3v) is 4.57. The van der Waals surface area contributed by atoms with Gasteiger partial charge in [-0.2, -0.15) is 0 Å². The van der Waals surface area contributed by atoms with Gasteiger partial charge in [0.15, 0.2) is 5.76 Å². The fourth-order valence-electron chi connectivity index (χ4n) is 3.16. The Hall–Kier alpha value is -3.21. The maximum Gasteiger partial charge on any atom is 0.231 e. The lowest BCUT2D eigenvalue weighted by Gasteiger charge is -2.04. The van der Waals surface area contributed by atoms with Crippen LogP contribution >= 0.6 is 0 Å². The minimum absolute atomic E-state index is 0.114. The van der Waals surface area contributed by atoms with E-state index in [9.17, 15) is 9.90 Å². The van der Waals surface area contributed by atoms with E-state index in [2.05, 4.69) is 0 Å². The number of ketones is 1. The number of benzene rings is 2. The zero-order valence-electron chi connectivity index (χ0n) is 14.2. The molecule has 4 rings (SSSR count). The second-order valence-corrected chi connectivity index (χ2v) is 6.10. The fourth-order valence-corrected chi connectivity index (χ4v) is 3.16. The van der Waals surface area contributed by atoms with Crippen LogP contribution in [0.3, 0.4) is 0 Å². The zero-order chi connectivity index (χ0) is 17.7. The number of rotatable bonds is 2. The lowest BCUT2D eigenvalue weighted by atomic mass is 10.1. The third-order valence-electron chi connectivity index (χ3n) is 4.57. The Kier molecular flexibility index (Phi) is 3.32. The normalized spacial score (nSPS) is 14.8. The molecule has 0 saturated carbocycles. The van der Waals surface area contributed by atoms with Gasteiger partial charge in [0.05, 0.1) is 12.7 Å². The van der Waals surface area contributed by atoms with Crippen LogP contribution < -0.4 is 9.47 Å². The topological polar surface area (TPSA) is 60.7 Å². The van der Waals surface area contributed by atoms with Crippen LogP contribution in [0.1, 0.15) is 21.5 Å². The molecule has 5 nitrogen and oxygen atoms in total. The molecule has 25 heavy (non-hydrogen) atoms. The Labute approximate surface area is 144 Å². The van der Waals surface area contributed by atoms with E-state index in [1.54, 1.807) is 26.2 Å². The van der Waals surface area contributed by atoms with Crippen LogP contribution in [0.15, 0.2) is 42.3 Å². The fraction of sp³-hybridized carbons (Fsp3) is 0.150. The smallest absolute Gasteiger partial charge is 0.231 e. The van der Waals surface area contributed by atoms with Crippen molar-refractivity contribution >= 4 is 22.8 Å². The minimum Gasteiger partial charge on any atom is -0.508 e. The number of aromatic nitrogens is 1. The first-order valence-electron chi connectivity index (χ1n) is 7.89. The molecule has 0 bridgehead atoms. The molecule has 3 aromatic rings. The maximum absolute atomic E-state index is 12.6. The van der Waals surface area contributed by atoms with E-state index < -0.39 is 0 Å². The summed E-state index contributed by atoms with van der Waals surface area (Å²) in [6.45, 7) is 1.73. The van der Waals surface area contributed by atoms with Crippen LogP contribution in [-0.4, -0.2) is 22.6 Å². The van der Waals surface area contributed by atoms with Crippen molar-refractivity contribution < 1.29 is 19.4 Å². The molecule has 0 aliphatic carbocycles. The van der Waals surface area contributed by atoms with Gasteiger partial charge in [-0.05, 0) is 43.3 Å². The largest absolute Gasteiger partial charge is 0.508 e. The first-order valence-corrected chi connectivity index (χ1v) is 7.89. The summed E-state index contributed by atoms with van der Waals surface area (Å²) in [7, 11) is 3.57. The van der Waals surface area contributed by atoms with Crippen molar-refractivity contribution in [1.82, 2.24) is 4.57 Å². The summed E-state index contributed by atoms with van der Waals surface area (Å²) in [6, 6.07) is 8.92. The highest BCUT2D eigenvalue weighted by molar-refractivity contribution is 6.15. The zero-order valence-corrected chi connectivity index (χ0v) is 14.2. The Morgan fingerprint density at radius 2 is 2.04 bits per heavy atom. The average Bonchev–Trinajstić information content (AvgIpc) is 3.09. The van der Waals surface area contributed by atoms with Gasteiger partial charge >= 0.3 is 0 Å². The quantitative estimate of drug-likeness (QED) is 0.723. The molecule has 0 saturated heterocycles. The number of nitrogens with zero attached hydrogens (tertiary/aromatic N) is 1. The van der Waals surface area contributed by atoms with Gasteiger partial charge in [-0.1, -0.05) is 0 Å². The molecule has 1 aliphatic heterocycles. The molecule has 0 amide bonds. The molecule has 0 atom stereocenters. The van der Waals surface area contributed by atoms with Gasteiger partial charge in [0.2, 0.25) is 5.78 Å². The monoisotopic (exact) mass is 335 g/mol. The molecule has 2 aromatic carbocycles. The van der Waals surface area contributed by atoms with Crippen molar-refractivity contribution in [3.8, 4) is 17.2 Å². The summed E-state index contributed by atoms with van der Waals surface area (Å²) in [5, 5.41) is 10.8. The number of hydrogen-bond donors (Lipinski definition) is 1. The molecular weight excluding hydrogens is 318 g/mol. The number of aromatic hydroxyl groups is 1. The van der Waals surface area contributed by atoms with Crippen molar-refractivity contribution in [2.24, 2.45) is 7.05 Å². The molecule has 0 radical (unpaired) electrons. The third kappa shape index (κ3) is 2.28. The summed E-state index contributed by atoms with van der Waals surface area (Å²) in [5.41, 5.74) is 2.94. The number of hydrogen-bond acceptors (Lipinski definition) is 4. The number of Topliss-reactive ketones (excluding diaryl/α,β-unsaturated/α-hetero) is 1. The van der Waals surface area contributed by atoms with E-state index >= 15 is 0 Å². The highest BCUT2D eigenvalue weighted by atomic mass is 16.5. The molecule has 126 valence electrons. The number of phenols is 1. The second-order valence-electron chi connectivity index (χ2n) is 6.10. The van der Waals surface area contributed by atoms with Gasteiger partial charge in [0.25, 0.3) is 0 Å². The predicted octanol–water partition coefficient (Wildman–Crippen LogP) is 3.82. The molecule has 5 heteroatoms. The molecule has 0 fully saturated rings. The van der Waals surface area contributed by atoms with E-state index in [-0.39, 0.29) is 17.3 Å². The lowest BCUT2D eigenvalue weighted by molar-refractivity contribution is 0.101. The number of methoxy groups -OCH3 is 1. The average molecular weight is 335 g/mol. The number of fused-ring (bicyclic) bond motifs is 2. The summed E-state index contributed by atoms with van der Waals surface area (Å²) < 4.78 is 13.1. The molecule has 0 spiro atoms. The Bertz CT molecular complexity index is 1060. The highest BCUT2D eigenvalue weighted by Crippen LogP contribution is 2.39. The molecule has 0 unspecified atom stereocenters. The Morgan fingerprint density at radius 1 is 1.24 bits per heavy atom. The summed E-state index contributed by atoms with van der Waals surface area (Å²) in [6.07, 6.45) is 3.68. The van der Waals surface area contributed by atoms with Gasteiger partial charge in [-0.25, -0.2) is 0 Å². The first kappa shape index (κ1) is 15.3. The van der Waals surface area contributed by atoms with E-state index in [0.717, 1.165) is 22.2 Å². The standard InChI is InChI=1S/C20H17NO4/c1-11-17(22)7-5-14-19(23)18(25-20(11)14)8-12-10-21(2)16-6-4-13(24-3)9-15(12)16/h4-10,22H,1-3H3. The van der Waals surface area contributed by atoms with Crippen LogP contribution in [0, 0.1) is 6.92 Å². The maximum atomic E-state index is 12.6. The number of carbonyl (C=O) groups is 1. The second kappa shape index (κ2) is 5.41. The van der Waals surface area contributed by atoms with Crippen LogP contribution in [0.4, 0.5) is 0 Å². The molecule has 2 heterocycles. The van der Waals surface area contributed by atoms with E-state index in [1.807, 2.05) is 36.0 Å². The van der Waals surface area contributed by atoms with Crippen molar-refractivity contribution in [2.75, 3.05) is 7.11 Å². The summed E-state index contributed by atoms with van der Waals surface area (Å²) >= 11 is 0. The van der Waals surface area contributed by atoms with E-state index in [1.165, 1.54) is 6.07 Å².